The van der Waals surface area contributed by atoms with Crippen LogP contribution in [0.4, 0.5) is 0 Å². The molecule has 0 aliphatic rings. The van der Waals surface area contributed by atoms with E-state index in [0.29, 0.717) is 17.4 Å². The van der Waals surface area contributed by atoms with Crippen molar-refractivity contribution in [2.24, 2.45) is 0 Å². The average molecular weight is 217 g/mol. The largest absolute Gasteiger partial charge is 0.462 e. The molecule has 4 heteroatoms. The molecule has 0 aliphatic heterocycles. The first-order valence-corrected chi connectivity index (χ1v) is 4.81. The molecule has 0 aromatic heterocycles. The third-order valence-corrected chi connectivity index (χ3v) is 2.14. The van der Waals surface area contributed by atoms with Crippen LogP contribution in [0.3, 0.4) is 0 Å². The highest BCUT2D eigenvalue weighted by Gasteiger charge is 2.13. The van der Waals surface area contributed by atoms with Crippen LogP contribution in [0, 0.1) is 18.3 Å². The van der Waals surface area contributed by atoms with Gasteiger partial charge in [0.05, 0.1) is 23.8 Å². The van der Waals surface area contributed by atoms with Crippen LogP contribution in [0.5, 0.6) is 0 Å². The van der Waals surface area contributed by atoms with Gasteiger partial charge in [-0.3, -0.25) is 4.79 Å². The van der Waals surface area contributed by atoms with E-state index >= 15 is 0 Å². The van der Waals surface area contributed by atoms with Gasteiger partial charge in [-0.1, -0.05) is 0 Å². The van der Waals surface area contributed by atoms with Crippen molar-refractivity contribution in [2.75, 3.05) is 6.61 Å². The van der Waals surface area contributed by atoms with Crippen molar-refractivity contribution in [2.45, 2.75) is 13.8 Å². The predicted octanol–water partition coefficient (Wildman–Crippen LogP) is 1.86. The Morgan fingerprint density at radius 3 is 2.75 bits per heavy atom. The molecular weight excluding hydrogens is 206 g/mol. The van der Waals surface area contributed by atoms with Gasteiger partial charge in [0.1, 0.15) is 0 Å². The van der Waals surface area contributed by atoms with Gasteiger partial charge in [0.15, 0.2) is 6.29 Å². The van der Waals surface area contributed by atoms with Crippen molar-refractivity contribution in [3.63, 3.8) is 0 Å². The van der Waals surface area contributed by atoms with Gasteiger partial charge in [0.25, 0.3) is 0 Å². The molecule has 0 fully saturated rings. The van der Waals surface area contributed by atoms with Crippen molar-refractivity contribution in [3.05, 3.63) is 34.4 Å². The van der Waals surface area contributed by atoms with Crippen LogP contribution < -0.4 is 0 Å². The lowest BCUT2D eigenvalue weighted by molar-refractivity contribution is 0.0525. The number of nitriles is 1. The molecule has 1 aromatic rings. The number of ether oxygens (including phenoxy) is 1. The molecule has 82 valence electrons. The van der Waals surface area contributed by atoms with Crippen LogP contribution >= 0.6 is 0 Å². The molecule has 16 heavy (non-hydrogen) atoms. The van der Waals surface area contributed by atoms with Crippen LogP contribution in [0.2, 0.25) is 0 Å². The summed E-state index contributed by atoms with van der Waals surface area (Å²) < 4.78 is 4.84. The summed E-state index contributed by atoms with van der Waals surface area (Å²) in [6.07, 6.45) is 0.556. The lowest BCUT2D eigenvalue weighted by Crippen LogP contribution is -2.08. The Balaban J connectivity index is 3.27. The zero-order chi connectivity index (χ0) is 12.1. The van der Waals surface area contributed by atoms with Gasteiger partial charge < -0.3 is 4.74 Å². The molecule has 0 N–H and O–H groups in total. The average Bonchev–Trinajstić information content (AvgIpc) is 2.28. The van der Waals surface area contributed by atoms with Gasteiger partial charge in [-0.05, 0) is 31.5 Å². The van der Waals surface area contributed by atoms with Crippen LogP contribution in [0.25, 0.3) is 0 Å². The Kier molecular flexibility index (Phi) is 3.78. The highest BCUT2D eigenvalue weighted by molar-refractivity contribution is 5.94. The van der Waals surface area contributed by atoms with Gasteiger partial charge >= 0.3 is 5.97 Å². The van der Waals surface area contributed by atoms with Crippen molar-refractivity contribution in [1.29, 1.82) is 5.26 Å². The summed E-state index contributed by atoms with van der Waals surface area (Å²) in [7, 11) is 0. The minimum atomic E-state index is -0.479. The van der Waals surface area contributed by atoms with Gasteiger partial charge in [-0.2, -0.15) is 5.26 Å². The fraction of sp³-hybridized carbons (Fsp3) is 0.250. The van der Waals surface area contributed by atoms with Gasteiger partial charge in [-0.25, -0.2) is 4.79 Å². The number of benzene rings is 1. The maximum atomic E-state index is 11.5. The van der Waals surface area contributed by atoms with Gasteiger partial charge in [0.2, 0.25) is 0 Å². The van der Waals surface area contributed by atoms with Gasteiger partial charge in [-0.15, -0.1) is 0 Å². The van der Waals surface area contributed by atoms with Crippen LogP contribution in [-0.4, -0.2) is 18.9 Å². The second-order valence-corrected chi connectivity index (χ2v) is 3.20. The topological polar surface area (TPSA) is 67.2 Å². The molecule has 0 amide bonds. The molecule has 0 aliphatic carbocycles. The Labute approximate surface area is 93.5 Å². The minimum absolute atomic E-state index is 0.205. The van der Waals surface area contributed by atoms with Crippen molar-refractivity contribution in [1.82, 2.24) is 0 Å². The third-order valence-electron chi connectivity index (χ3n) is 2.14. The highest BCUT2D eigenvalue weighted by Crippen LogP contribution is 2.16. The monoisotopic (exact) mass is 217 g/mol. The number of hydrogen-bond acceptors (Lipinski definition) is 4. The molecule has 0 atom stereocenters. The van der Waals surface area contributed by atoms with E-state index in [1.54, 1.807) is 13.8 Å². The first-order chi connectivity index (χ1) is 7.63. The second kappa shape index (κ2) is 5.08. The number of carbonyl (C=O) groups excluding carboxylic acids is 2. The van der Waals surface area contributed by atoms with E-state index in [0.717, 1.165) is 0 Å². The lowest BCUT2D eigenvalue weighted by Gasteiger charge is -2.06. The van der Waals surface area contributed by atoms with Crippen molar-refractivity contribution in [3.8, 4) is 6.07 Å². The summed E-state index contributed by atoms with van der Waals surface area (Å²) in [6.45, 7) is 3.67. The zero-order valence-electron chi connectivity index (χ0n) is 9.11. The summed E-state index contributed by atoms with van der Waals surface area (Å²) in [4.78, 5) is 22.2. The first kappa shape index (κ1) is 11.9. The molecular formula is C12H11NO3. The van der Waals surface area contributed by atoms with E-state index < -0.39 is 5.97 Å². The number of hydrogen-bond donors (Lipinski definition) is 0. The van der Waals surface area contributed by atoms with Crippen LogP contribution in [-0.2, 0) is 4.74 Å². The van der Waals surface area contributed by atoms with E-state index in [1.165, 1.54) is 12.1 Å². The number of aryl methyl sites for hydroxylation is 1. The summed E-state index contributed by atoms with van der Waals surface area (Å²) >= 11 is 0. The van der Waals surface area contributed by atoms with Crippen molar-refractivity contribution >= 4 is 12.3 Å². The summed E-state index contributed by atoms with van der Waals surface area (Å²) in [5, 5.41) is 8.78. The predicted molar refractivity (Wildman–Crippen MR) is 57.2 cm³/mol. The standard InChI is InChI=1S/C12H11NO3/c1-3-16-12(15)11-5-10(7-14)9(6-13)4-8(11)2/h4-5,7H,3H2,1-2H3. The minimum Gasteiger partial charge on any atom is -0.462 e. The third kappa shape index (κ3) is 2.26. The van der Waals surface area contributed by atoms with Crippen LogP contribution in [0.1, 0.15) is 38.8 Å². The molecule has 1 aromatic carbocycles. The molecule has 0 saturated heterocycles. The van der Waals surface area contributed by atoms with Crippen LogP contribution in [0.15, 0.2) is 12.1 Å². The smallest absolute Gasteiger partial charge is 0.338 e. The summed E-state index contributed by atoms with van der Waals surface area (Å²) in [5.41, 5.74) is 1.42. The lowest BCUT2D eigenvalue weighted by atomic mass is 10.0. The van der Waals surface area contributed by atoms with E-state index in [-0.39, 0.29) is 17.7 Å². The number of nitrogens with zero attached hydrogens (tertiary/aromatic N) is 1. The Hall–Kier alpha value is -2.15. The number of aldehydes is 1. The molecule has 4 nitrogen and oxygen atoms in total. The molecule has 0 unspecified atom stereocenters. The molecule has 0 spiro atoms. The molecule has 0 radical (unpaired) electrons. The Bertz CT molecular complexity index is 472. The molecule has 1 rings (SSSR count). The van der Waals surface area contributed by atoms with E-state index in [9.17, 15) is 9.59 Å². The Morgan fingerprint density at radius 2 is 2.25 bits per heavy atom. The quantitative estimate of drug-likeness (QED) is 0.572. The molecule has 0 bridgehead atoms. The number of carbonyl (C=O) groups is 2. The van der Waals surface area contributed by atoms with E-state index in [1.807, 2.05) is 6.07 Å². The number of esters is 1. The summed E-state index contributed by atoms with van der Waals surface area (Å²) in [6, 6.07) is 4.80. The highest BCUT2D eigenvalue weighted by atomic mass is 16.5. The molecule has 0 saturated carbocycles. The first-order valence-electron chi connectivity index (χ1n) is 4.81. The summed E-state index contributed by atoms with van der Waals surface area (Å²) in [5.74, 6) is -0.479. The maximum Gasteiger partial charge on any atom is 0.338 e. The number of rotatable bonds is 3. The fourth-order valence-corrected chi connectivity index (χ4v) is 1.35. The van der Waals surface area contributed by atoms with Crippen molar-refractivity contribution < 1.29 is 14.3 Å². The maximum absolute atomic E-state index is 11.5. The molecule has 0 heterocycles. The SMILES string of the molecule is CCOC(=O)c1cc(C=O)c(C#N)cc1C. The fourth-order valence-electron chi connectivity index (χ4n) is 1.35. The normalized spacial score (nSPS) is 9.31. The zero-order valence-corrected chi connectivity index (χ0v) is 9.11. The van der Waals surface area contributed by atoms with Gasteiger partial charge in [0, 0.05) is 5.56 Å². The Morgan fingerprint density at radius 1 is 1.56 bits per heavy atom. The van der Waals surface area contributed by atoms with E-state index in [4.69, 9.17) is 10.00 Å². The second-order valence-electron chi connectivity index (χ2n) is 3.20. The van der Waals surface area contributed by atoms with E-state index in [2.05, 4.69) is 0 Å².